The summed E-state index contributed by atoms with van der Waals surface area (Å²) in [4.78, 5) is 11.9. The van der Waals surface area contributed by atoms with Crippen LogP contribution in [0.1, 0.15) is 19.4 Å². The van der Waals surface area contributed by atoms with Crippen LogP contribution >= 0.6 is 0 Å². The van der Waals surface area contributed by atoms with E-state index in [-0.39, 0.29) is 5.91 Å². The average molecular weight is 266 g/mol. The van der Waals surface area contributed by atoms with Crippen molar-refractivity contribution in [2.24, 2.45) is 0 Å². The molecule has 1 N–H and O–H groups in total. The van der Waals surface area contributed by atoms with Crippen LogP contribution in [0.15, 0.2) is 18.2 Å². The van der Waals surface area contributed by atoms with Crippen LogP contribution in [0, 0.1) is 0 Å². The van der Waals surface area contributed by atoms with E-state index in [0.717, 1.165) is 28.5 Å². The van der Waals surface area contributed by atoms with Gasteiger partial charge in [0.2, 0.25) is 0 Å². The van der Waals surface area contributed by atoms with E-state index in [0.29, 0.717) is 5.69 Å². The maximum absolute atomic E-state index is 12.1. The van der Waals surface area contributed by atoms with Gasteiger partial charge in [-0.3, -0.25) is 4.79 Å². The van der Waals surface area contributed by atoms with E-state index in [1.54, 1.807) is 12.1 Å². The Morgan fingerprint density at radius 3 is 2.72 bits per heavy atom. The first-order valence-corrected chi connectivity index (χ1v) is 7.26. The minimum absolute atomic E-state index is 0.367. The molecule has 0 radical (unpaired) electrons. The molecule has 1 saturated heterocycles. The van der Waals surface area contributed by atoms with Gasteiger partial charge in [0.15, 0.2) is 4.75 Å². The van der Waals surface area contributed by atoms with Gasteiger partial charge in [-0.1, -0.05) is 0 Å². The minimum Gasteiger partial charge on any atom is -0.384 e. The molecule has 2 heterocycles. The molecule has 0 atom stereocenters. The summed E-state index contributed by atoms with van der Waals surface area (Å²) in [6, 6.07) is 5.27. The van der Waals surface area contributed by atoms with E-state index in [4.69, 9.17) is 0 Å². The van der Waals surface area contributed by atoms with Crippen molar-refractivity contribution in [1.29, 1.82) is 0 Å². The molecule has 1 amide bonds. The molecule has 2 aliphatic rings. The third kappa shape index (κ3) is 1.21. The highest BCUT2D eigenvalue weighted by molar-refractivity contribution is 7.98. The topological polar surface area (TPSA) is 66.5 Å². The number of carbonyl (C=O) groups is 1. The van der Waals surface area contributed by atoms with E-state index < -0.39 is 14.8 Å². The number of sulfonamides is 1. The number of carbonyl (C=O) groups excluding carboxylic acids is 1. The van der Waals surface area contributed by atoms with Gasteiger partial charge in [-0.15, -0.1) is 0 Å². The predicted octanol–water partition coefficient (Wildman–Crippen LogP) is 1.11. The average Bonchev–Trinajstić information content (AvgIpc) is 2.75. The first-order chi connectivity index (χ1) is 8.35. The van der Waals surface area contributed by atoms with Crippen LogP contribution in [0.3, 0.4) is 0 Å². The largest absolute Gasteiger partial charge is 0.384 e. The Labute approximate surface area is 106 Å². The fourth-order valence-corrected chi connectivity index (χ4v) is 3.80. The van der Waals surface area contributed by atoms with Crippen molar-refractivity contribution in [3.63, 3.8) is 0 Å². The Hall–Kier alpha value is -1.56. The van der Waals surface area contributed by atoms with Gasteiger partial charge in [-0.05, 0) is 44.0 Å². The van der Waals surface area contributed by atoms with Crippen molar-refractivity contribution < 1.29 is 13.2 Å². The number of fused-ring (bicyclic) bond motifs is 1. The number of anilines is 2. The second-order valence-corrected chi connectivity index (χ2v) is 7.44. The van der Waals surface area contributed by atoms with Crippen LogP contribution in [0.5, 0.6) is 0 Å². The van der Waals surface area contributed by atoms with Crippen LogP contribution in [0.4, 0.5) is 11.4 Å². The number of hydrogen-bond donors (Lipinski definition) is 1. The molecule has 0 bridgehead atoms. The molecular formula is C12H14N2O3S. The molecular weight excluding hydrogens is 252 g/mol. The molecule has 5 nitrogen and oxygen atoms in total. The molecule has 6 heteroatoms. The molecule has 18 heavy (non-hydrogen) atoms. The van der Waals surface area contributed by atoms with Crippen LogP contribution in [-0.2, 0) is 21.2 Å². The lowest BCUT2D eigenvalue weighted by molar-refractivity contribution is -0.120. The normalized spacial score (nSPS) is 23.2. The third-order valence-corrected chi connectivity index (χ3v) is 5.94. The number of rotatable bonds is 1. The highest BCUT2D eigenvalue weighted by Crippen LogP contribution is 2.40. The smallest absolute Gasteiger partial charge is 0.263 e. The van der Waals surface area contributed by atoms with Crippen molar-refractivity contribution in [1.82, 2.24) is 0 Å². The summed E-state index contributed by atoms with van der Waals surface area (Å²) in [5.74, 6) is -0.367. The van der Waals surface area contributed by atoms with Crippen LogP contribution in [-0.4, -0.2) is 25.6 Å². The Morgan fingerprint density at radius 1 is 1.33 bits per heavy atom. The number of benzene rings is 1. The zero-order chi connectivity index (χ0) is 13.1. The van der Waals surface area contributed by atoms with E-state index >= 15 is 0 Å². The number of nitrogens with zero attached hydrogens (tertiary/aromatic N) is 1. The lowest BCUT2D eigenvalue weighted by atomic mass is 10.1. The molecule has 0 unspecified atom stereocenters. The first kappa shape index (κ1) is 11.5. The Morgan fingerprint density at radius 2 is 2.06 bits per heavy atom. The van der Waals surface area contributed by atoms with E-state index in [1.807, 2.05) is 6.07 Å². The van der Waals surface area contributed by atoms with Crippen molar-refractivity contribution >= 4 is 27.3 Å². The second-order valence-electron chi connectivity index (χ2n) is 5.10. The summed E-state index contributed by atoms with van der Waals surface area (Å²) in [6.45, 7) is 3.73. The summed E-state index contributed by atoms with van der Waals surface area (Å²) in [7, 11) is -3.56. The van der Waals surface area contributed by atoms with E-state index in [2.05, 4.69) is 5.32 Å². The first-order valence-electron chi connectivity index (χ1n) is 5.82. The third-order valence-electron chi connectivity index (χ3n) is 3.62. The zero-order valence-corrected chi connectivity index (χ0v) is 11.0. The van der Waals surface area contributed by atoms with Gasteiger partial charge in [-0.25, -0.2) is 12.7 Å². The number of nitrogens with one attached hydrogen (secondary N) is 1. The Kier molecular flexibility index (Phi) is 2.09. The van der Waals surface area contributed by atoms with E-state index in [9.17, 15) is 13.2 Å². The number of amides is 1. The molecule has 1 aromatic carbocycles. The summed E-state index contributed by atoms with van der Waals surface area (Å²) in [5.41, 5.74) is 2.52. The fraction of sp³-hybridized carbons (Fsp3) is 0.417. The Bertz CT molecular complexity index is 649. The zero-order valence-electron chi connectivity index (χ0n) is 10.2. The lowest BCUT2D eigenvalue weighted by Crippen LogP contribution is -2.67. The second kappa shape index (κ2) is 3.26. The molecule has 0 aliphatic carbocycles. The van der Waals surface area contributed by atoms with Gasteiger partial charge < -0.3 is 5.32 Å². The molecule has 0 saturated carbocycles. The highest BCUT2D eigenvalue weighted by Gasteiger charge is 2.60. The van der Waals surface area contributed by atoms with Crippen LogP contribution < -0.4 is 9.62 Å². The van der Waals surface area contributed by atoms with Crippen molar-refractivity contribution in [2.75, 3.05) is 16.2 Å². The Balaban J connectivity index is 2.05. The number of hydrogen-bond acceptors (Lipinski definition) is 4. The van der Waals surface area contributed by atoms with Gasteiger partial charge in [-0.2, -0.15) is 0 Å². The summed E-state index contributed by atoms with van der Waals surface area (Å²) in [5, 5.41) is 3.20. The van der Waals surface area contributed by atoms with Gasteiger partial charge in [0.05, 0.1) is 5.69 Å². The monoisotopic (exact) mass is 266 g/mol. The van der Waals surface area contributed by atoms with Gasteiger partial charge in [0.1, 0.15) is 0 Å². The lowest BCUT2D eigenvalue weighted by Gasteiger charge is -2.42. The summed E-state index contributed by atoms with van der Waals surface area (Å²) < 4.78 is 23.7. The van der Waals surface area contributed by atoms with Crippen molar-refractivity contribution in [2.45, 2.75) is 25.0 Å². The molecule has 96 valence electrons. The minimum atomic E-state index is -3.56. The SMILES string of the molecule is CC1(C)C(=O)N(c2ccc3c(c2)CCN3)S1(=O)=O. The molecule has 0 aromatic heterocycles. The maximum atomic E-state index is 12.1. The van der Waals surface area contributed by atoms with Crippen LogP contribution in [0.25, 0.3) is 0 Å². The van der Waals surface area contributed by atoms with Crippen molar-refractivity contribution in [3.8, 4) is 0 Å². The summed E-state index contributed by atoms with van der Waals surface area (Å²) >= 11 is 0. The summed E-state index contributed by atoms with van der Waals surface area (Å²) in [6.07, 6.45) is 0.856. The predicted molar refractivity (Wildman–Crippen MR) is 69.1 cm³/mol. The molecule has 2 aliphatic heterocycles. The molecule has 3 rings (SSSR count). The quantitative estimate of drug-likeness (QED) is 0.827. The van der Waals surface area contributed by atoms with Crippen molar-refractivity contribution in [3.05, 3.63) is 23.8 Å². The van der Waals surface area contributed by atoms with Crippen LogP contribution in [0.2, 0.25) is 0 Å². The molecule has 1 aromatic rings. The van der Waals surface area contributed by atoms with E-state index in [1.165, 1.54) is 13.8 Å². The molecule has 0 spiro atoms. The fourth-order valence-electron chi connectivity index (χ4n) is 2.33. The van der Waals surface area contributed by atoms with Gasteiger partial charge >= 0.3 is 0 Å². The van der Waals surface area contributed by atoms with Gasteiger partial charge in [0, 0.05) is 12.2 Å². The standard InChI is InChI=1S/C12H14N2O3S/c1-12(2)11(15)14(18(12,16)17)9-3-4-10-8(7-9)5-6-13-10/h3-4,7,13H,5-6H2,1-2H3. The van der Waals surface area contributed by atoms with Gasteiger partial charge in [0.25, 0.3) is 15.9 Å². The maximum Gasteiger partial charge on any atom is 0.263 e. The highest BCUT2D eigenvalue weighted by atomic mass is 32.2. The molecule has 1 fully saturated rings.